The Hall–Kier alpha value is -2.57. The van der Waals surface area contributed by atoms with Crippen molar-refractivity contribution in [3.8, 4) is 5.75 Å². The number of rotatable bonds is 3. The zero-order valence-corrected chi connectivity index (χ0v) is 16.0. The highest BCUT2D eigenvalue weighted by Gasteiger charge is 2.11. The summed E-state index contributed by atoms with van der Waals surface area (Å²) in [5.74, 6) is 0.780. The van der Waals surface area contributed by atoms with Crippen molar-refractivity contribution in [2.24, 2.45) is 4.99 Å². The monoisotopic (exact) mass is 367 g/mol. The van der Waals surface area contributed by atoms with Gasteiger partial charge in [-0.2, -0.15) is 0 Å². The van der Waals surface area contributed by atoms with Gasteiger partial charge in [0.1, 0.15) is 5.75 Å². The third kappa shape index (κ3) is 2.91. The van der Waals surface area contributed by atoms with E-state index < -0.39 is 6.10 Å². The predicted molar refractivity (Wildman–Crippen MR) is 104 cm³/mol. The van der Waals surface area contributed by atoms with Gasteiger partial charge in [-0.25, -0.2) is 4.99 Å². The molecule has 0 spiro atoms. The maximum Gasteiger partial charge on any atom is 0.144 e. The Morgan fingerprint density at radius 2 is 2.04 bits per heavy atom. The summed E-state index contributed by atoms with van der Waals surface area (Å²) in [5.41, 5.74) is 4.26. The highest BCUT2D eigenvalue weighted by molar-refractivity contribution is 7.10. The first-order valence-electron chi connectivity index (χ1n) is 8.48. The standard InChI is InChI=1S/C20H21N3O2S/c1-10-5-11(2)21-13(10)6-16-18(25-4)7-14(22-16)15-8-20-17(23-15)9-19(26-20)12(3)24/h5-9,12,21-22,24H,1-4H3/b15-14?,16-6-. The molecule has 4 rings (SSSR count). The lowest BCUT2D eigenvalue weighted by Crippen LogP contribution is -2.12. The van der Waals surface area contributed by atoms with E-state index >= 15 is 0 Å². The first-order valence-corrected chi connectivity index (χ1v) is 9.30. The predicted octanol–water partition coefficient (Wildman–Crippen LogP) is 1.13. The minimum atomic E-state index is -0.461. The number of thiophene rings is 1. The molecule has 1 atom stereocenters. The molecule has 3 aromatic rings. The molecule has 3 N–H and O–H groups in total. The molecule has 1 aliphatic heterocycles. The fourth-order valence-corrected chi connectivity index (χ4v) is 4.12. The van der Waals surface area contributed by atoms with Gasteiger partial charge in [0.25, 0.3) is 0 Å². The van der Waals surface area contributed by atoms with Crippen LogP contribution < -0.4 is 25.3 Å². The van der Waals surface area contributed by atoms with Gasteiger partial charge in [0, 0.05) is 22.3 Å². The largest absolute Gasteiger partial charge is 0.494 e. The van der Waals surface area contributed by atoms with Crippen LogP contribution in [0.2, 0.25) is 0 Å². The summed E-state index contributed by atoms with van der Waals surface area (Å²) in [6.07, 6.45) is 3.64. The molecule has 0 bridgehead atoms. The fraction of sp³-hybridized carbons (Fsp3) is 0.250. The van der Waals surface area contributed by atoms with Crippen LogP contribution in [0.25, 0.3) is 17.8 Å². The van der Waals surface area contributed by atoms with Crippen LogP contribution in [0.3, 0.4) is 0 Å². The van der Waals surface area contributed by atoms with Gasteiger partial charge in [0.05, 0.1) is 39.5 Å². The number of aromatic nitrogens is 2. The summed E-state index contributed by atoms with van der Waals surface area (Å²) < 4.78 is 6.61. The molecule has 0 radical (unpaired) electrons. The lowest BCUT2D eigenvalue weighted by Gasteiger charge is -1.96. The third-order valence-electron chi connectivity index (χ3n) is 4.46. The van der Waals surface area contributed by atoms with Crippen molar-refractivity contribution in [1.82, 2.24) is 9.97 Å². The van der Waals surface area contributed by atoms with E-state index in [1.165, 1.54) is 5.56 Å². The lowest BCUT2D eigenvalue weighted by molar-refractivity contribution is 0.203. The van der Waals surface area contributed by atoms with E-state index in [0.717, 1.165) is 48.3 Å². The number of ether oxygens (including phenoxy) is 1. The van der Waals surface area contributed by atoms with E-state index in [0.29, 0.717) is 0 Å². The number of methoxy groups -OCH3 is 1. The van der Waals surface area contributed by atoms with Crippen molar-refractivity contribution in [1.29, 1.82) is 0 Å². The molecule has 26 heavy (non-hydrogen) atoms. The summed E-state index contributed by atoms with van der Waals surface area (Å²) in [6.45, 7) is 5.90. The second-order valence-corrected chi connectivity index (χ2v) is 7.69. The normalized spacial score (nSPS) is 17.0. The molecule has 6 heteroatoms. The minimum Gasteiger partial charge on any atom is -0.494 e. The average molecular weight is 367 g/mol. The Labute approximate surface area is 154 Å². The van der Waals surface area contributed by atoms with Crippen molar-refractivity contribution in [3.63, 3.8) is 0 Å². The van der Waals surface area contributed by atoms with Gasteiger partial charge >= 0.3 is 0 Å². The molecular formula is C20H21N3O2S. The van der Waals surface area contributed by atoms with Crippen LogP contribution in [0.4, 0.5) is 0 Å². The summed E-state index contributed by atoms with van der Waals surface area (Å²) in [7, 11) is 1.67. The van der Waals surface area contributed by atoms with E-state index in [-0.39, 0.29) is 0 Å². The molecule has 0 saturated heterocycles. The number of hydrogen-bond acceptors (Lipinski definition) is 4. The van der Waals surface area contributed by atoms with Gasteiger partial charge in [0.2, 0.25) is 0 Å². The zero-order valence-electron chi connectivity index (χ0n) is 15.2. The van der Waals surface area contributed by atoms with Crippen molar-refractivity contribution in [2.75, 3.05) is 7.11 Å². The minimum absolute atomic E-state index is 0.461. The Morgan fingerprint density at radius 3 is 2.65 bits per heavy atom. The molecule has 134 valence electrons. The topological polar surface area (TPSA) is 73.4 Å². The van der Waals surface area contributed by atoms with E-state index in [4.69, 9.17) is 9.73 Å². The first kappa shape index (κ1) is 16.9. The molecule has 1 aliphatic rings. The Balaban J connectivity index is 1.85. The number of aliphatic hydroxyl groups excluding tert-OH is 1. The molecule has 3 aromatic heterocycles. The number of nitrogens with one attached hydrogen (secondary N) is 2. The number of fused-ring (bicyclic) bond motifs is 1. The Morgan fingerprint density at radius 1 is 1.23 bits per heavy atom. The number of hydrogen-bond donors (Lipinski definition) is 3. The third-order valence-corrected chi connectivity index (χ3v) is 5.71. The first-order chi connectivity index (χ1) is 12.4. The quantitative estimate of drug-likeness (QED) is 0.649. The number of H-pyrrole nitrogens is 2. The van der Waals surface area contributed by atoms with Crippen molar-refractivity contribution in [2.45, 2.75) is 26.9 Å². The second-order valence-electron chi connectivity index (χ2n) is 6.57. The van der Waals surface area contributed by atoms with Gasteiger partial charge in [-0.1, -0.05) is 0 Å². The van der Waals surface area contributed by atoms with Crippen LogP contribution in [-0.2, 0) is 0 Å². The maximum absolute atomic E-state index is 9.72. The summed E-state index contributed by atoms with van der Waals surface area (Å²) in [5, 5.41) is 12.4. The van der Waals surface area contributed by atoms with Crippen LogP contribution in [0.15, 0.2) is 23.2 Å². The molecule has 0 saturated carbocycles. The van der Waals surface area contributed by atoms with Gasteiger partial charge in [0.15, 0.2) is 0 Å². The molecule has 4 heterocycles. The van der Waals surface area contributed by atoms with Gasteiger partial charge < -0.3 is 19.8 Å². The number of nitrogens with zero attached hydrogens (tertiary/aromatic N) is 1. The van der Waals surface area contributed by atoms with Crippen molar-refractivity contribution >= 4 is 29.2 Å². The van der Waals surface area contributed by atoms with Crippen LogP contribution in [0.5, 0.6) is 5.75 Å². The number of aryl methyl sites for hydroxylation is 2. The molecule has 1 unspecified atom stereocenters. The van der Waals surface area contributed by atoms with Crippen LogP contribution >= 0.6 is 11.3 Å². The average Bonchev–Trinajstić information content (AvgIpc) is 3.30. The van der Waals surface area contributed by atoms with Crippen molar-refractivity contribution < 1.29 is 9.84 Å². The molecule has 0 amide bonds. The van der Waals surface area contributed by atoms with E-state index in [9.17, 15) is 5.11 Å². The maximum atomic E-state index is 9.72. The lowest BCUT2D eigenvalue weighted by atomic mass is 10.2. The van der Waals surface area contributed by atoms with Crippen LogP contribution in [0.1, 0.15) is 34.9 Å². The fourth-order valence-electron chi connectivity index (χ4n) is 3.14. The van der Waals surface area contributed by atoms with E-state index in [2.05, 4.69) is 29.0 Å². The van der Waals surface area contributed by atoms with Crippen molar-refractivity contribution in [3.05, 3.63) is 60.6 Å². The highest BCUT2D eigenvalue weighted by Crippen LogP contribution is 2.15. The zero-order chi connectivity index (χ0) is 18.4. The van der Waals surface area contributed by atoms with Gasteiger partial charge in [-0.05, 0) is 50.6 Å². The Kier molecular flexibility index (Phi) is 4.09. The second kappa shape index (κ2) is 6.30. The molecule has 5 nitrogen and oxygen atoms in total. The van der Waals surface area contributed by atoms with Gasteiger partial charge in [-0.15, -0.1) is 11.3 Å². The Bertz CT molecular complexity index is 1190. The highest BCUT2D eigenvalue weighted by atomic mass is 32.1. The molecular weight excluding hydrogens is 346 g/mol. The number of aromatic amines is 2. The van der Waals surface area contributed by atoms with Crippen LogP contribution in [-0.4, -0.2) is 22.2 Å². The molecule has 0 aliphatic carbocycles. The summed E-state index contributed by atoms with van der Waals surface area (Å²) in [4.78, 5) is 12.4. The smallest absolute Gasteiger partial charge is 0.144 e. The van der Waals surface area contributed by atoms with E-state index in [1.54, 1.807) is 25.4 Å². The number of aliphatic hydroxyl groups is 1. The molecule has 0 fully saturated rings. The summed E-state index contributed by atoms with van der Waals surface area (Å²) >= 11 is 1.57. The van der Waals surface area contributed by atoms with E-state index in [1.807, 2.05) is 25.1 Å². The van der Waals surface area contributed by atoms with Gasteiger partial charge in [-0.3, -0.25) is 0 Å². The summed E-state index contributed by atoms with van der Waals surface area (Å²) in [6, 6.07) is 6.04. The SMILES string of the molecule is COc1cc(=C2C=c3sc(C(C)O)cc3=N2)[nH]/c1=C\c1[nH]c(C)cc1C. The van der Waals surface area contributed by atoms with Crippen LogP contribution in [0, 0.1) is 13.8 Å². The molecule has 0 aromatic carbocycles.